The summed E-state index contributed by atoms with van der Waals surface area (Å²) < 4.78 is 0. The molecule has 0 spiro atoms. The van der Waals surface area contributed by atoms with E-state index >= 15 is 0 Å². The Hall–Kier alpha value is -6.05. The molecule has 1 heteroatoms. The minimum Gasteiger partial charge on any atom is -0.248 e. The number of hydrogen-bond donors (Lipinski definition) is 0. The molecule has 8 rings (SSSR count). The molecule has 270 valence electrons. The van der Waals surface area contributed by atoms with Gasteiger partial charge in [-0.1, -0.05) is 128 Å². The molecule has 0 atom stereocenters. The van der Waals surface area contributed by atoms with Crippen LogP contribution in [0.25, 0.3) is 50.2 Å². The molecular weight excluding hydrogens is 663 g/mol. The Morgan fingerprint density at radius 3 is 1.91 bits per heavy atom. The van der Waals surface area contributed by atoms with Crippen LogP contribution in [-0.4, -0.2) is 5.71 Å². The molecule has 1 nitrogen and oxygen atoms in total. The van der Waals surface area contributed by atoms with Crippen LogP contribution in [0.15, 0.2) is 182 Å². The zero-order chi connectivity index (χ0) is 37.4. The molecule has 0 aliphatic heterocycles. The second-order valence-electron chi connectivity index (χ2n) is 15.0. The van der Waals surface area contributed by atoms with Crippen LogP contribution >= 0.6 is 0 Å². The fraction of sp³-hybridized carbons (Fsp3) is 0.167. The summed E-state index contributed by atoms with van der Waals surface area (Å²) in [7, 11) is 0. The van der Waals surface area contributed by atoms with Crippen LogP contribution < -0.4 is 0 Å². The maximum absolute atomic E-state index is 5.46. The van der Waals surface area contributed by atoms with E-state index in [1.165, 1.54) is 74.1 Å². The van der Waals surface area contributed by atoms with Gasteiger partial charge in [-0.25, -0.2) is 4.99 Å². The highest BCUT2D eigenvalue weighted by molar-refractivity contribution is 6.15. The predicted octanol–water partition coefficient (Wildman–Crippen LogP) is 15.0. The Morgan fingerprint density at radius 2 is 1.24 bits per heavy atom. The summed E-state index contributed by atoms with van der Waals surface area (Å²) >= 11 is 0. The lowest BCUT2D eigenvalue weighted by atomic mass is 9.88. The Bertz CT molecular complexity index is 2370. The normalized spacial score (nSPS) is 16.0. The summed E-state index contributed by atoms with van der Waals surface area (Å²) in [5.41, 5.74) is 18.8. The quantitative estimate of drug-likeness (QED) is 0.128. The molecule has 0 heterocycles. The predicted molar refractivity (Wildman–Crippen MR) is 239 cm³/mol. The molecule has 0 radical (unpaired) electrons. The van der Waals surface area contributed by atoms with Crippen molar-refractivity contribution in [1.29, 1.82) is 0 Å². The smallest absolute Gasteiger partial charge is 0.0712 e. The highest BCUT2D eigenvalue weighted by Gasteiger charge is 2.16. The van der Waals surface area contributed by atoms with Crippen LogP contribution in [0.3, 0.4) is 0 Å². The van der Waals surface area contributed by atoms with Gasteiger partial charge in [-0.15, -0.1) is 0 Å². The monoisotopic (exact) mass is 711 g/mol. The minimum absolute atomic E-state index is 0.761. The molecule has 0 fully saturated rings. The van der Waals surface area contributed by atoms with Gasteiger partial charge in [-0.2, -0.15) is 0 Å². The van der Waals surface area contributed by atoms with E-state index in [0.29, 0.717) is 0 Å². The first-order valence-corrected chi connectivity index (χ1v) is 20.0. The Morgan fingerprint density at radius 1 is 0.545 bits per heavy atom. The van der Waals surface area contributed by atoms with E-state index in [4.69, 9.17) is 4.99 Å². The molecule has 5 aromatic carbocycles. The molecular formula is C54H49N. The van der Waals surface area contributed by atoms with E-state index in [-0.39, 0.29) is 0 Å². The zero-order valence-electron chi connectivity index (χ0n) is 32.0. The van der Waals surface area contributed by atoms with Crippen molar-refractivity contribution in [2.75, 3.05) is 0 Å². The van der Waals surface area contributed by atoms with Crippen LogP contribution in [-0.2, 0) is 0 Å². The van der Waals surface area contributed by atoms with Gasteiger partial charge < -0.3 is 0 Å². The van der Waals surface area contributed by atoms with Crippen LogP contribution in [0.1, 0.15) is 91.7 Å². The van der Waals surface area contributed by atoms with Gasteiger partial charge in [-0.3, -0.25) is 0 Å². The van der Waals surface area contributed by atoms with Gasteiger partial charge in [0, 0.05) is 11.1 Å². The van der Waals surface area contributed by atoms with Gasteiger partial charge in [0.05, 0.1) is 11.4 Å². The Balaban J connectivity index is 1.29. The molecule has 0 saturated carbocycles. The van der Waals surface area contributed by atoms with E-state index in [9.17, 15) is 0 Å². The molecule has 0 unspecified atom stereocenters. The second-order valence-corrected chi connectivity index (χ2v) is 15.0. The van der Waals surface area contributed by atoms with Crippen LogP contribution in [0.2, 0.25) is 0 Å². The third-order valence-electron chi connectivity index (χ3n) is 11.0. The molecule has 55 heavy (non-hydrogen) atoms. The van der Waals surface area contributed by atoms with E-state index in [0.717, 1.165) is 66.6 Å². The lowest BCUT2D eigenvalue weighted by Crippen LogP contribution is -2.04. The van der Waals surface area contributed by atoms with Crippen LogP contribution in [0.4, 0.5) is 0 Å². The lowest BCUT2D eigenvalue weighted by molar-refractivity contribution is 0.742. The first kappa shape index (κ1) is 36.0. The van der Waals surface area contributed by atoms with Gasteiger partial charge in [0.15, 0.2) is 0 Å². The average Bonchev–Trinajstić information content (AvgIpc) is 3.27. The third-order valence-corrected chi connectivity index (χ3v) is 11.0. The number of nitrogens with zero attached hydrogens (tertiary/aromatic N) is 1. The fourth-order valence-corrected chi connectivity index (χ4v) is 7.93. The molecule has 5 aromatic rings. The average molecular weight is 712 g/mol. The summed E-state index contributed by atoms with van der Waals surface area (Å²) in [6, 6.07) is 44.2. The van der Waals surface area contributed by atoms with Crippen LogP contribution in [0.5, 0.6) is 0 Å². The number of allylic oxidation sites excluding steroid dienone is 12. The van der Waals surface area contributed by atoms with E-state index in [1.807, 2.05) is 0 Å². The first-order valence-electron chi connectivity index (χ1n) is 20.0. The Kier molecular flexibility index (Phi) is 11.1. The van der Waals surface area contributed by atoms with Crippen molar-refractivity contribution in [2.24, 2.45) is 4.99 Å². The molecule has 3 aliphatic carbocycles. The maximum atomic E-state index is 5.46. The minimum atomic E-state index is 0.761. The van der Waals surface area contributed by atoms with E-state index in [1.54, 1.807) is 0 Å². The summed E-state index contributed by atoms with van der Waals surface area (Å²) in [4.78, 5) is 5.46. The summed E-state index contributed by atoms with van der Waals surface area (Å²) in [6.07, 6.45) is 27.4. The van der Waals surface area contributed by atoms with E-state index < -0.39 is 0 Å². The van der Waals surface area contributed by atoms with Crippen molar-refractivity contribution in [3.05, 3.63) is 210 Å². The summed E-state index contributed by atoms with van der Waals surface area (Å²) in [6.45, 7) is 6.83. The number of aliphatic imine (C=N–C) groups is 1. The number of hydrogen-bond acceptors (Lipinski definition) is 1. The van der Waals surface area contributed by atoms with E-state index in [2.05, 4.69) is 183 Å². The highest BCUT2D eigenvalue weighted by atomic mass is 14.8. The molecule has 0 saturated heterocycles. The first-order chi connectivity index (χ1) is 27.1. The van der Waals surface area contributed by atoms with Crippen molar-refractivity contribution in [3.8, 4) is 22.3 Å². The molecule has 3 aliphatic rings. The summed E-state index contributed by atoms with van der Waals surface area (Å²) in [5.74, 6) is 0. The SMILES string of the molecule is C=C(N=C(/C=C(\C)c1cc(-c2ccccc2)cc(-c2ccccc2)c1)c1cc(C2=CCCC=C2)cc(C2=CCCCC2)c1)c1cccc(C2=CC=CCC2)c1. The molecule has 0 N–H and O–H groups in total. The van der Waals surface area contributed by atoms with Gasteiger partial charge in [-0.05, 0) is 174 Å². The van der Waals surface area contributed by atoms with Gasteiger partial charge >= 0.3 is 0 Å². The van der Waals surface area contributed by atoms with Gasteiger partial charge in [0.25, 0.3) is 0 Å². The van der Waals surface area contributed by atoms with Crippen molar-refractivity contribution in [2.45, 2.75) is 58.3 Å². The Labute approximate surface area is 327 Å². The maximum Gasteiger partial charge on any atom is 0.0712 e. The molecule has 0 bridgehead atoms. The standard InChI is InChI=1S/C54H49N/c1-39(48-33-49(42-21-10-4-11-22-42)35-50(34-48)43-23-12-5-13-24-43)31-54(55-40(2)46-29-18-30-47(32-46)41-19-8-3-9-20-41)53-37-51(44-25-14-6-15-26-44)36-52(38-53)45-27-16-7-17-28-45/h3-5,8,10-14,18-19,21-27,29-38H,2,6-7,9,15-17,20,28H2,1H3/b39-31+,55-54?. The fourth-order valence-electron chi connectivity index (χ4n) is 7.93. The zero-order valence-corrected chi connectivity index (χ0v) is 32.0. The number of rotatable bonds is 10. The third kappa shape index (κ3) is 8.69. The van der Waals surface area contributed by atoms with Crippen molar-refractivity contribution in [1.82, 2.24) is 0 Å². The number of benzene rings is 5. The lowest BCUT2D eigenvalue weighted by Gasteiger charge is -2.18. The van der Waals surface area contributed by atoms with Crippen LogP contribution in [0, 0.1) is 0 Å². The largest absolute Gasteiger partial charge is 0.248 e. The second kappa shape index (κ2) is 17.0. The van der Waals surface area contributed by atoms with Gasteiger partial charge in [0.1, 0.15) is 0 Å². The van der Waals surface area contributed by atoms with Gasteiger partial charge in [0.2, 0.25) is 0 Å². The highest BCUT2D eigenvalue weighted by Crippen LogP contribution is 2.35. The topological polar surface area (TPSA) is 12.4 Å². The van der Waals surface area contributed by atoms with Crippen molar-refractivity contribution >= 4 is 33.7 Å². The van der Waals surface area contributed by atoms with Crippen molar-refractivity contribution < 1.29 is 0 Å². The molecule has 0 amide bonds. The molecule has 0 aromatic heterocycles. The summed E-state index contributed by atoms with van der Waals surface area (Å²) in [5, 5.41) is 0. The van der Waals surface area contributed by atoms with Crippen molar-refractivity contribution in [3.63, 3.8) is 0 Å².